The molecule has 1 heterocycles. The lowest BCUT2D eigenvalue weighted by Gasteiger charge is -2.22. The third-order valence-corrected chi connectivity index (χ3v) is 3.51. The standard InChI is InChI=1S/C13H18FN3O2/c1-15(9-10-16-7-2-3-8-16)12-6-4-5-11(14)13(12)17(18)19/h4-6H,2-3,7-10H2,1H3. The maximum Gasteiger partial charge on any atom is 0.327 e. The van der Waals surface area contributed by atoms with Gasteiger partial charge in [-0.05, 0) is 38.1 Å². The number of rotatable bonds is 5. The highest BCUT2D eigenvalue weighted by atomic mass is 19.1. The van der Waals surface area contributed by atoms with E-state index in [1.54, 1.807) is 18.0 Å². The van der Waals surface area contributed by atoms with E-state index in [-0.39, 0.29) is 0 Å². The van der Waals surface area contributed by atoms with Crippen LogP contribution in [0.5, 0.6) is 0 Å². The maximum absolute atomic E-state index is 13.5. The summed E-state index contributed by atoms with van der Waals surface area (Å²) in [4.78, 5) is 14.4. The summed E-state index contributed by atoms with van der Waals surface area (Å²) in [7, 11) is 1.76. The summed E-state index contributed by atoms with van der Waals surface area (Å²) < 4.78 is 13.5. The number of likely N-dealkylation sites (tertiary alicyclic amines) is 1. The molecule has 0 aliphatic carbocycles. The summed E-state index contributed by atoms with van der Waals surface area (Å²) in [5.74, 6) is -0.782. The molecule has 1 aliphatic rings. The fraction of sp³-hybridized carbons (Fsp3) is 0.538. The van der Waals surface area contributed by atoms with Gasteiger partial charge in [0.2, 0.25) is 5.82 Å². The van der Waals surface area contributed by atoms with Gasteiger partial charge in [0.15, 0.2) is 0 Å². The van der Waals surface area contributed by atoms with Gasteiger partial charge in [-0.25, -0.2) is 0 Å². The Balaban J connectivity index is 2.07. The van der Waals surface area contributed by atoms with Crippen LogP contribution in [0.3, 0.4) is 0 Å². The first-order valence-electron chi connectivity index (χ1n) is 6.46. The lowest BCUT2D eigenvalue weighted by atomic mass is 10.2. The minimum Gasteiger partial charge on any atom is -0.368 e. The van der Waals surface area contributed by atoms with Crippen molar-refractivity contribution in [2.45, 2.75) is 12.8 Å². The molecule has 0 aromatic heterocycles. The molecule has 1 aromatic rings. The van der Waals surface area contributed by atoms with Gasteiger partial charge >= 0.3 is 5.69 Å². The van der Waals surface area contributed by atoms with Crippen molar-refractivity contribution < 1.29 is 9.31 Å². The van der Waals surface area contributed by atoms with Crippen LogP contribution in [0.25, 0.3) is 0 Å². The maximum atomic E-state index is 13.5. The molecule has 0 bridgehead atoms. The number of hydrogen-bond donors (Lipinski definition) is 0. The molecule has 1 aliphatic heterocycles. The zero-order chi connectivity index (χ0) is 13.8. The van der Waals surface area contributed by atoms with E-state index in [1.807, 2.05) is 0 Å². The van der Waals surface area contributed by atoms with Crippen molar-refractivity contribution in [1.29, 1.82) is 0 Å². The van der Waals surface area contributed by atoms with Crippen molar-refractivity contribution in [3.05, 3.63) is 34.1 Å². The second kappa shape index (κ2) is 5.97. The topological polar surface area (TPSA) is 49.6 Å². The minimum atomic E-state index is -0.782. The molecule has 2 rings (SSSR count). The smallest absolute Gasteiger partial charge is 0.327 e. The van der Waals surface area contributed by atoms with Crippen LogP contribution in [-0.2, 0) is 0 Å². The number of para-hydroxylation sites is 1. The number of halogens is 1. The molecule has 5 nitrogen and oxygen atoms in total. The van der Waals surface area contributed by atoms with E-state index in [4.69, 9.17) is 0 Å². The van der Waals surface area contributed by atoms with Gasteiger partial charge in [0.25, 0.3) is 0 Å². The zero-order valence-corrected chi connectivity index (χ0v) is 11.0. The molecule has 0 radical (unpaired) electrons. The lowest BCUT2D eigenvalue weighted by Crippen LogP contribution is -2.31. The number of nitrogens with zero attached hydrogens (tertiary/aromatic N) is 3. The van der Waals surface area contributed by atoms with Crippen LogP contribution in [0.15, 0.2) is 18.2 Å². The summed E-state index contributed by atoms with van der Waals surface area (Å²) in [6.07, 6.45) is 2.42. The Hall–Kier alpha value is -1.69. The van der Waals surface area contributed by atoms with Crippen molar-refractivity contribution in [3.8, 4) is 0 Å². The molecule has 0 N–H and O–H groups in total. The van der Waals surface area contributed by atoms with E-state index < -0.39 is 16.4 Å². The number of nitro benzene ring substituents is 1. The van der Waals surface area contributed by atoms with Crippen LogP contribution in [0.1, 0.15) is 12.8 Å². The Morgan fingerprint density at radius 2 is 2.11 bits per heavy atom. The second-order valence-electron chi connectivity index (χ2n) is 4.83. The molecule has 6 heteroatoms. The van der Waals surface area contributed by atoms with Gasteiger partial charge in [0.05, 0.1) is 4.92 Å². The highest BCUT2D eigenvalue weighted by molar-refractivity contribution is 5.63. The normalized spacial score (nSPS) is 15.7. The number of likely N-dealkylation sites (N-methyl/N-ethyl adjacent to an activating group) is 1. The SMILES string of the molecule is CN(CCN1CCCC1)c1cccc(F)c1[N+](=O)[O-]. The third-order valence-electron chi connectivity index (χ3n) is 3.51. The van der Waals surface area contributed by atoms with Crippen molar-refractivity contribution in [3.63, 3.8) is 0 Å². The Kier molecular flexibility index (Phi) is 4.31. The average molecular weight is 267 g/mol. The van der Waals surface area contributed by atoms with E-state index in [0.717, 1.165) is 25.7 Å². The number of nitro groups is 1. The first kappa shape index (κ1) is 13.7. The molecule has 19 heavy (non-hydrogen) atoms. The molecule has 0 saturated carbocycles. The molecule has 0 amide bonds. The van der Waals surface area contributed by atoms with Crippen LogP contribution >= 0.6 is 0 Å². The van der Waals surface area contributed by atoms with Crippen LogP contribution in [0, 0.1) is 15.9 Å². The van der Waals surface area contributed by atoms with E-state index in [1.165, 1.54) is 18.9 Å². The number of hydrogen-bond acceptors (Lipinski definition) is 4. The summed E-state index contributed by atoms with van der Waals surface area (Å²) in [6, 6.07) is 4.21. The fourth-order valence-corrected chi connectivity index (χ4v) is 2.41. The molecular weight excluding hydrogens is 249 g/mol. The molecule has 104 valence electrons. The predicted molar refractivity (Wildman–Crippen MR) is 72.0 cm³/mol. The number of anilines is 1. The predicted octanol–water partition coefficient (Wildman–Crippen LogP) is 2.27. The van der Waals surface area contributed by atoms with E-state index >= 15 is 0 Å². The van der Waals surface area contributed by atoms with E-state index in [9.17, 15) is 14.5 Å². The molecule has 0 spiro atoms. The summed E-state index contributed by atoms with van der Waals surface area (Å²) in [6.45, 7) is 3.67. The van der Waals surface area contributed by atoms with Crippen LogP contribution in [0.4, 0.5) is 15.8 Å². The van der Waals surface area contributed by atoms with Crippen molar-refractivity contribution in [2.24, 2.45) is 0 Å². The van der Waals surface area contributed by atoms with Gasteiger partial charge in [0, 0.05) is 20.1 Å². The minimum absolute atomic E-state index is 0.337. The quantitative estimate of drug-likeness (QED) is 0.606. The molecule has 1 fully saturated rings. The van der Waals surface area contributed by atoms with Gasteiger partial charge in [-0.15, -0.1) is 0 Å². The first-order valence-corrected chi connectivity index (χ1v) is 6.46. The van der Waals surface area contributed by atoms with Crippen LogP contribution < -0.4 is 4.90 Å². The Bertz CT molecular complexity index is 461. The highest BCUT2D eigenvalue weighted by Gasteiger charge is 2.22. The molecule has 1 saturated heterocycles. The Morgan fingerprint density at radius 1 is 1.42 bits per heavy atom. The number of benzene rings is 1. The van der Waals surface area contributed by atoms with E-state index in [2.05, 4.69) is 4.90 Å². The van der Waals surface area contributed by atoms with Gasteiger partial charge in [-0.2, -0.15) is 4.39 Å². The average Bonchev–Trinajstić information content (AvgIpc) is 2.88. The first-order chi connectivity index (χ1) is 9.09. The van der Waals surface area contributed by atoms with Gasteiger partial charge in [-0.1, -0.05) is 6.07 Å². The fourth-order valence-electron chi connectivity index (χ4n) is 2.41. The highest BCUT2D eigenvalue weighted by Crippen LogP contribution is 2.29. The third kappa shape index (κ3) is 3.20. The summed E-state index contributed by atoms with van der Waals surface area (Å²) in [5, 5.41) is 10.9. The molecular formula is C13H18FN3O2. The van der Waals surface area contributed by atoms with Gasteiger partial charge in [-0.3, -0.25) is 10.1 Å². The monoisotopic (exact) mass is 267 g/mol. The van der Waals surface area contributed by atoms with Crippen molar-refractivity contribution in [2.75, 3.05) is 38.1 Å². The Morgan fingerprint density at radius 3 is 2.74 bits per heavy atom. The largest absolute Gasteiger partial charge is 0.368 e. The van der Waals surface area contributed by atoms with Gasteiger partial charge < -0.3 is 9.80 Å². The molecule has 0 unspecified atom stereocenters. The van der Waals surface area contributed by atoms with E-state index in [0.29, 0.717) is 12.2 Å². The molecule has 0 atom stereocenters. The van der Waals surface area contributed by atoms with Crippen molar-refractivity contribution >= 4 is 11.4 Å². The Labute approximate surface area is 111 Å². The van der Waals surface area contributed by atoms with Crippen molar-refractivity contribution in [1.82, 2.24) is 4.90 Å². The van der Waals surface area contributed by atoms with Gasteiger partial charge in [0.1, 0.15) is 5.69 Å². The summed E-state index contributed by atoms with van der Waals surface area (Å²) >= 11 is 0. The van der Waals surface area contributed by atoms with Crippen LogP contribution in [0.2, 0.25) is 0 Å². The second-order valence-corrected chi connectivity index (χ2v) is 4.83. The summed E-state index contributed by atoms with van der Waals surface area (Å²) in [5.41, 5.74) is -0.101. The zero-order valence-electron chi connectivity index (χ0n) is 11.0. The molecule has 1 aromatic carbocycles. The van der Waals surface area contributed by atoms with Crippen LogP contribution in [-0.4, -0.2) is 43.0 Å². The lowest BCUT2D eigenvalue weighted by molar-refractivity contribution is -0.386.